The first-order chi connectivity index (χ1) is 13.0. The Morgan fingerprint density at radius 3 is 1.93 bits per heavy atom. The summed E-state index contributed by atoms with van der Waals surface area (Å²) < 4.78 is 15.6. The van der Waals surface area contributed by atoms with Crippen molar-refractivity contribution in [1.29, 1.82) is 0 Å². The van der Waals surface area contributed by atoms with Crippen LogP contribution < -0.4 is 14.2 Å². The topological polar surface area (TPSA) is 65.0 Å². The molecule has 5 nitrogen and oxygen atoms in total. The SMILES string of the molecule is COc1cc(C=C2CC/C(=C\c3ccc(OC)c(O)c3)C2=O)cc(OC)c1. The summed E-state index contributed by atoms with van der Waals surface area (Å²) in [6.45, 7) is 0. The fourth-order valence-corrected chi connectivity index (χ4v) is 3.09. The molecule has 1 aliphatic carbocycles. The van der Waals surface area contributed by atoms with Crippen molar-refractivity contribution in [3.8, 4) is 23.0 Å². The van der Waals surface area contributed by atoms with Crippen molar-refractivity contribution < 1.29 is 24.1 Å². The Morgan fingerprint density at radius 2 is 1.41 bits per heavy atom. The predicted molar refractivity (Wildman–Crippen MR) is 104 cm³/mol. The van der Waals surface area contributed by atoms with Gasteiger partial charge in [-0.2, -0.15) is 0 Å². The molecule has 1 aliphatic rings. The van der Waals surface area contributed by atoms with Gasteiger partial charge in [0.05, 0.1) is 21.3 Å². The Balaban J connectivity index is 1.86. The third-order valence-electron chi connectivity index (χ3n) is 4.51. The number of Topliss-reactive ketones (excluding diaryl/α,β-unsaturated/α-hetero) is 1. The molecule has 0 atom stereocenters. The van der Waals surface area contributed by atoms with Gasteiger partial charge in [-0.15, -0.1) is 0 Å². The van der Waals surface area contributed by atoms with Crippen molar-refractivity contribution in [3.05, 3.63) is 58.7 Å². The van der Waals surface area contributed by atoms with Crippen LogP contribution in [0.2, 0.25) is 0 Å². The standard InChI is InChI=1S/C22H22O5/c1-25-18-10-15(11-19(13-18)26-2)9-17-6-5-16(22(17)24)8-14-4-7-21(27-3)20(23)12-14/h4,7-13,23H,5-6H2,1-3H3/b16-8+,17-9?. The van der Waals surface area contributed by atoms with Gasteiger partial charge in [0.2, 0.25) is 0 Å². The van der Waals surface area contributed by atoms with Crippen LogP contribution in [0.3, 0.4) is 0 Å². The van der Waals surface area contributed by atoms with Crippen molar-refractivity contribution in [2.75, 3.05) is 21.3 Å². The summed E-state index contributed by atoms with van der Waals surface area (Å²) in [5, 5.41) is 9.90. The van der Waals surface area contributed by atoms with E-state index in [1.165, 1.54) is 7.11 Å². The van der Waals surface area contributed by atoms with E-state index in [0.717, 1.165) is 22.3 Å². The van der Waals surface area contributed by atoms with Crippen LogP contribution in [0.1, 0.15) is 24.0 Å². The van der Waals surface area contributed by atoms with E-state index in [0.29, 0.717) is 30.1 Å². The number of phenolic OH excluding ortho intramolecular Hbond substituents is 1. The van der Waals surface area contributed by atoms with E-state index in [4.69, 9.17) is 14.2 Å². The molecule has 0 spiro atoms. The zero-order valence-electron chi connectivity index (χ0n) is 15.6. The lowest BCUT2D eigenvalue weighted by molar-refractivity contribution is -0.111. The average molecular weight is 366 g/mol. The zero-order valence-corrected chi connectivity index (χ0v) is 15.6. The first-order valence-corrected chi connectivity index (χ1v) is 8.60. The van der Waals surface area contributed by atoms with Gasteiger partial charge < -0.3 is 19.3 Å². The van der Waals surface area contributed by atoms with Crippen LogP contribution in [0.5, 0.6) is 23.0 Å². The van der Waals surface area contributed by atoms with Crippen molar-refractivity contribution in [3.63, 3.8) is 0 Å². The van der Waals surface area contributed by atoms with Gasteiger partial charge in [0.15, 0.2) is 17.3 Å². The third kappa shape index (κ3) is 4.14. The number of rotatable bonds is 5. The summed E-state index contributed by atoms with van der Waals surface area (Å²) in [6, 6.07) is 10.6. The van der Waals surface area contributed by atoms with Crippen LogP contribution in [0.15, 0.2) is 47.5 Å². The molecule has 2 aromatic rings. The fourth-order valence-electron chi connectivity index (χ4n) is 3.09. The monoisotopic (exact) mass is 366 g/mol. The smallest absolute Gasteiger partial charge is 0.185 e. The van der Waals surface area contributed by atoms with E-state index >= 15 is 0 Å². The van der Waals surface area contributed by atoms with Gasteiger partial charge in [0.25, 0.3) is 0 Å². The van der Waals surface area contributed by atoms with Crippen molar-refractivity contribution >= 4 is 17.9 Å². The molecule has 2 aromatic carbocycles. The lowest BCUT2D eigenvalue weighted by atomic mass is 10.1. The van der Waals surface area contributed by atoms with Gasteiger partial charge in [-0.1, -0.05) is 6.07 Å². The minimum absolute atomic E-state index is 0.0205. The van der Waals surface area contributed by atoms with Crippen molar-refractivity contribution in [2.24, 2.45) is 0 Å². The lowest BCUT2D eigenvalue weighted by Gasteiger charge is -2.06. The van der Waals surface area contributed by atoms with E-state index in [1.807, 2.05) is 30.4 Å². The van der Waals surface area contributed by atoms with Crippen LogP contribution >= 0.6 is 0 Å². The molecule has 0 saturated heterocycles. The number of carbonyl (C=O) groups excluding carboxylic acids is 1. The lowest BCUT2D eigenvalue weighted by Crippen LogP contribution is -1.96. The second kappa shape index (κ2) is 7.99. The normalized spacial score (nSPS) is 16.8. The number of aromatic hydroxyl groups is 1. The van der Waals surface area contributed by atoms with Crippen LogP contribution in [-0.2, 0) is 4.79 Å². The molecule has 0 aromatic heterocycles. The first-order valence-electron chi connectivity index (χ1n) is 8.60. The largest absolute Gasteiger partial charge is 0.504 e. The maximum atomic E-state index is 12.7. The summed E-state index contributed by atoms with van der Waals surface area (Å²) in [6.07, 6.45) is 5.03. The van der Waals surface area contributed by atoms with E-state index in [2.05, 4.69) is 0 Å². The van der Waals surface area contributed by atoms with Gasteiger partial charge in [-0.05, 0) is 60.4 Å². The number of hydrogen-bond acceptors (Lipinski definition) is 5. The average Bonchev–Trinajstić information content (AvgIpc) is 3.01. The molecule has 3 rings (SSSR count). The molecule has 1 fully saturated rings. The van der Waals surface area contributed by atoms with Gasteiger partial charge in [0.1, 0.15) is 11.5 Å². The molecule has 0 heterocycles. The number of ketones is 1. The molecule has 1 saturated carbocycles. The Hall–Kier alpha value is -3.21. The van der Waals surface area contributed by atoms with E-state index in [-0.39, 0.29) is 11.5 Å². The van der Waals surface area contributed by atoms with Gasteiger partial charge in [-0.3, -0.25) is 4.79 Å². The minimum atomic E-state index is 0.0205. The van der Waals surface area contributed by atoms with E-state index < -0.39 is 0 Å². The second-order valence-electron chi connectivity index (χ2n) is 6.25. The van der Waals surface area contributed by atoms with Crippen molar-refractivity contribution in [1.82, 2.24) is 0 Å². The molecule has 0 radical (unpaired) electrons. The summed E-state index contributed by atoms with van der Waals surface area (Å²) in [5.74, 6) is 1.83. The van der Waals surface area contributed by atoms with Gasteiger partial charge in [-0.25, -0.2) is 0 Å². The first kappa shape index (κ1) is 18.6. The molecule has 0 amide bonds. The Morgan fingerprint density at radius 1 is 0.815 bits per heavy atom. The van der Waals surface area contributed by atoms with Gasteiger partial charge >= 0.3 is 0 Å². The summed E-state index contributed by atoms with van der Waals surface area (Å²) in [5.41, 5.74) is 3.09. The molecule has 0 aliphatic heterocycles. The summed E-state index contributed by atoms with van der Waals surface area (Å²) >= 11 is 0. The van der Waals surface area contributed by atoms with Crippen molar-refractivity contribution in [2.45, 2.75) is 12.8 Å². The van der Waals surface area contributed by atoms with Crippen LogP contribution in [-0.4, -0.2) is 32.2 Å². The Bertz CT molecular complexity index is 902. The number of phenols is 1. The molecule has 0 bridgehead atoms. The maximum Gasteiger partial charge on any atom is 0.185 e. The third-order valence-corrected chi connectivity index (χ3v) is 4.51. The predicted octanol–water partition coefficient (Wildman–Crippen LogP) is 4.25. The number of allylic oxidation sites excluding steroid dienone is 2. The molecule has 1 N–H and O–H groups in total. The van der Waals surface area contributed by atoms with Crippen LogP contribution in [0.4, 0.5) is 0 Å². The Kier molecular flexibility index (Phi) is 5.50. The number of carbonyl (C=O) groups is 1. The summed E-state index contributed by atoms with van der Waals surface area (Å²) in [4.78, 5) is 12.7. The highest BCUT2D eigenvalue weighted by molar-refractivity contribution is 6.15. The molecule has 0 unspecified atom stereocenters. The maximum absolute atomic E-state index is 12.7. The quantitative estimate of drug-likeness (QED) is 0.802. The number of hydrogen-bond donors (Lipinski definition) is 1. The molecular weight excluding hydrogens is 344 g/mol. The molecule has 140 valence electrons. The summed E-state index contributed by atoms with van der Waals surface area (Å²) in [7, 11) is 4.69. The van der Waals surface area contributed by atoms with Gasteiger partial charge in [0, 0.05) is 17.2 Å². The van der Waals surface area contributed by atoms with Crippen LogP contribution in [0.25, 0.3) is 12.2 Å². The highest BCUT2D eigenvalue weighted by Gasteiger charge is 2.23. The second-order valence-corrected chi connectivity index (χ2v) is 6.25. The fraction of sp³-hybridized carbons (Fsp3) is 0.227. The highest BCUT2D eigenvalue weighted by atomic mass is 16.5. The molecule has 27 heavy (non-hydrogen) atoms. The number of methoxy groups -OCH3 is 3. The molecule has 5 heteroatoms. The van der Waals surface area contributed by atoms with Crippen LogP contribution in [0, 0.1) is 0 Å². The molecular formula is C22H22O5. The van der Waals surface area contributed by atoms with E-state index in [9.17, 15) is 9.90 Å². The zero-order chi connectivity index (χ0) is 19.4. The highest BCUT2D eigenvalue weighted by Crippen LogP contribution is 2.33. The van der Waals surface area contributed by atoms with E-state index in [1.54, 1.807) is 32.4 Å². The Labute approximate surface area is 158 Å². The minimum Gasteiger partial charge on any atom is -0.504 e. The number of benzene rings is 2. The number of ether oxygens (including phenoxy) is 3.